The van der Waals surface area contributed by atoms with E-state index in [0.717, 1.165) is 0 Å². The highest BCUT2D eigenvalue weighted by Crippen LogP contribution is 2.33. The first-order valence-electron chi connectivity index (χ1n) is 5.01. The first-order chi connectivity index (χ1) is 8.74. The zero-order valence-electron chi connectivity index (χ0n) is 8.92. The van der Waals surface area contributed by atoms with Crippen LogP contribution < -0.4 is 4.74 Å². The molecule has 0 aliphatic carbocycles. The van der Waals surface area contributed by atoms with E-state index in [1.54, 1.807) is 41.3 Å². The maximum absolute atomic E-state index is 6.02. The van der Waals surface area contributed by atoms with Crippen molar-refractivity contribution in [3.63, 3.8) is 0 Å². The fraction of sp³-hybridized carbons (Fsp3) is 0. The summed E-state index contributed by atoms with van der Waals surface area (Å²) in [5.41, 5.74) is 0.637. The molecule has 90 valence electrons. The third-order valence-electron chi connectivity index (χ3n) is 2.29. The molecule has 0 fully saturated rings. The molecule has 0 amide bonds. The Morgan fingerprint density at radius 1 is 1.17 bits per heavy atom. The van der Waals surface area contributed by atoms with Crippen molar-refractivity contribution in [2.45, 2.75) is 0 Å². The van der Waals surface area contributed by atoms with Crippen molar-refractivity contribution in [3.05, 3.63) is 47.0 Å². The highest BCUT2D eigenvalue weighted by molar-refractivity contribution is 6.42. The van der Waals surface area contributed by atoms with Crippen LogP contribution in [0.3, 0.4) is 0 Å². The SMILES string of the molecule is Clc1cccc(Oc2cc3nncn3cn2)c1Cl. The van der Waals surface area contributed by atoms with E-state index in [4.69, 9.17) is 27.9 Å². The van der Waals surface area contributed by atoms with Crippen LogP contribution in [0.5, 0.6) is 11.6 Å². The predicted molar refractivity (Wildman–Crippen MR) is 67.3 cm³/mol. The number of rotatable bonds is 2. The third-order valence-corrected chi connectivity index (χ3v) is 3.09. The molecule has 7 heteroatoms. The molecule has 0 aliphatic heterocycles. The minimum Gasteiger partial charge on any atom is -0.437 e. The Hall–Kier alpha value is -1.85. The monoisotopic (exact) mass is 280 g/mol. The van der Waals surface area contributed by atoms with Crippen LogP contribution in [0.25, 0.3) is 5.65 Å². The minimum atomic E-state index is 0.349. The fourth-order valence-electron chi connectivity index (χ4n) is 1.44. The summed E-state index contributed by atoms with van der Waals surface area (Å²) in [6.07, 6.45) is 3.11. The Morgan fingerprint density at radius 2 is 2.06 bits per heavy atom. The first-order valence-corrected chi connectivity index (χ1v) is 5.77. The van der Waals surface area contributed by atoms with Crippen LogP contribution in [0.15, 0.2) is 36.9 Å². The number of ether oxygens (including phenoxy) is 1. The van der Waals surface area contributed by atoms with Crippen molar-refractivity contribution in [3.8, 4) is 11.6 Å². The molecule has 0 atom stereocenters. The van der Waals surface area contributed by atoms with Crippen LogP contribution in [0.1, 0.15) is 0 Å². The average molecular weight is 281 g/mol. The lowest BCUT2D eigenvalue weighted by molar-refractivity contribution is 0.462. The Morgan fingerprint density at radius 3 is 2.94 bits per heavy atom. The third kappa shape index (κ3) is 1.98. The van der Waals surface area contributed by atoms with Gasteiger partial charge in [0.25, 0.3) is 0 Å². The van der Waals surface area contributed by atoms with Crippen LogP contribution in [0.2, 0.25) is 10.0 Å². The second-order valence-electron chi connectivity index (χ2n) is 3.48. The highest BCUT2D eigenvalue weighted by Gasteiger charge is 2.08. The normalized spacial score (nSPS) is 10.8. The summed E-state index contributed by atoms with van der Waals surface area (Å²) in [5.74, 6) is 0.820. The van der Waals surface area contributed by atoms with E-state index >= 15 is 0 Å². The molecule has 3 rings (SSSR count). The summed E-state index contributed by atoms with van der Waals surface area (Å²) in [5, 5.41) is 8.42. The van der Waals surface area contributed by atoms with Gasteiger partial charge in [-0.05, 0) is 12.1 Å². The summed E-state index contributed by atoms with van der Waals surface area (Å²) in [6.45, 7) is 0. The lowest BCUT2D eigenvalue weighted by atomic mass is 10.3. The Labute approximate surface area is 112 Å². The van der Waals surface area contributed by atoms with E-state index in [-0.39, 0.29) is 0 Å². The van der Waals surface area contributed by atoms with Crippen LogP contribution in [-0.2, 0) is 0 Å². The zero-order valence-corrected chi connectivity index (χ0v) is 10.4. The van der Waals surface area contributed by atoms with Crippen LogP contribution in [0.4, 0.5) is 0 Å². The van der Waals surface area contributed by atoms with Crippen molar-refractivity contribution in [2.24, 2.45) is 0 Å². The highest BCUT2D eigenvalue weighted by atomic mass is 35.5. The summed E-state index contributed by atoms with van der Waals surface area (Å²) in [6, 6.07) is 6.80. The lowest BCUT2D eigenvalue weighted by Crippen LogP contribution is -1.92. The Balaban J connectivity index is 1.98. The Kier molecular flexibility index (Phi) is 2.77. The van der Waals surface area contributed by atoms with Gasteiger partial charge in [0, 0.05) is 6.07 Å². The topological polar surface area (TPSA) is 52.3 Å². The molecule has 0 N–H and O–H groups in total. The van der Waals surface area contributed by atoms with Crippen LogP contribution in [0, 0.1) is 0 Å². The van der Waals surface area contributed by atoms with E-state index < -0.39 is 0 Å². The van der Waals surface area contributed by atoms with Gasteiger partial charge >= 0.3 is 0 Å². The number of benzene rings is 1. The van der Waals surface area contributed by atoms with Crippen LogP contribution in [-0.4, -0.2) is 19.6 Å². The zero-order chi connectivity index (χ0) is 12.5. The molecule has 0 spiro atoms. The number of aromatic nitrogens is 4. The summed E-state index contributed by atoms with van der Waals surface area (Å²) < 4.78 is 7.23. The molecule has 18 heavy (non-hydrogen) atoms. The molecular formula is C11H6Cl2N4O. The van der Waals surface area contributed by atoms with E-state index in [1.165, 1.54) is 0 Å². The van der Waals surface area contributed by atoms with E-state index in [9.17, 15) is 0 Å². The molecule has 0 radical (unpaired) electrons. The summed E-state index contributed by atoms with van der Waals surface area (Å²) >= 11 is 11.9. The maximum atomic E-state index is 6.02. The van der Waals surface area contributed by atoms with Gasteiger partial charge in [-0.25, -0.2) is 4.98 Å². The standard InChI is InChI=1S/C11H6Cl2N4O/c12-7-2-1-3-8(11(7)13)18-10-4-9-16-15-6-17(9)5-14-10/h1-6H. The number of halogens is 2. The predicted octanol–water partition coefficient (Wildman–Crippen LogP) is 3.22. The van der Waals surface area contributed by atoms with Gasteiger partial charge in [-0.1, -0.05) is 29.3 Å². The molecule has 0 unspecified atom stereocenters. The van der Waals surface area contributed by atoms with Gasteiger partial charge in [0.1, 0.15) is 23.4 Å². The van der Waals surface area contributed by atoms with Crippen molar-refractivity contribution in [1.29, 1.82) is 0 Å². The van der Waals surface area contributed by atoms with Gasteiger partial charge in [-0.3, -0.25) is 4.40 Å². The summed E-state index contributed by atoms with van der Waals surface area (Å²) in [7, 11) is 0. The maximum Gasteiger partial charge on any atom is 0.224 e. The largest absolute Gasteiger partial charge is 0.437 e. The van der Waals surface area contributed by atoms with Gasteiger partial charge in [0.05, 0.1) is 5.02 Å². The number of fused-ring (bicyclic) bond motifs is 1. The lowest BCUT2D eigenvalue weighted by Gasteiger charge is -2.07. The van der Waals surface area contributed by atoms with Gasteiger partial charge in [0.15, 0.2) is 5.65 Å². The fourth-order valence-corrected chi connectivity index (χ4v) is 1.77. The van der Waals surface area contributed by atoms with E-state index in [0.29, 0.717) is 27.3 Å². The van der Waals surface area contributed by atoms with Crippen molar-refractivity contribution in [2.75, 3.05) is 0 Å². The van der Waals surface area contributed by atoms with Gasteiger partial charge in [-0.15, -0.1) is 10.2 Å². The molecular weight excluding hydrogens is 275 g/mol. The first kappa shape index (κ1) is 11.3. The van der Waals surface area contributed by atoms with Gasteiger partial charge in [-0.2, -0.15) is 0 Å². The van der Waals surface area contributed by atoms with Crippen molar-refractivity contribution >= 4 is 28.8 Å². The smallest absolute Gasteiger partial charge is 0.224 e. The molecule has 0 bridgehead atoms. The van der Waals surface area contributed by atoms with E-state index in [2.05, 4.69) is 15.2 Å². The number of hydrogen-bond acceptors (Lipinski definition) is 4. The number of nitrogens with zero attached hydrogens (tertiary/aromatic N) is 4. The molecule has 3 aromatic rings. The van der Waals surface area contributed by atoms with Gasteiger partial charge < -0.3 is 4.74 Å². The average Bonchev–Trinajstić information content (AvgIpc) is 2.82. The molecule has 0 aliphatic rings. The molecule has 1 aromatic carbocycles. The molecule has 2 heterocycles. The second-order valence-corrected chi connectivity index (χ2v) is 4.26. The van der Waals surface area contributed by atoms with Crippen molar-refractivity contribution in [1.82, 2.24) is 19.6 Å². The Bertz CT molecular complexity index is 713. The second kappa shape index (κ2) is 4.44. The molecule has 5 nitrogen and oxygen atoms in total. The van der Waals surface area contributed by atoms with E-state index in [1.807, 2.05) is 0 Å². The molecule has 2 aromatic heterocycles. The van der Waals surface area contributed by atoms with Crippen molar-refractivity contribution < 1.29 is 4.74 Å². The minimum absolute atomic E-state index is 0.349. The number of hydrogen-bond donors (Lipinski definition) is 0. The van der Waals surface area contributed by atoms with Gasteiger partial charge in [0.2, 0.25) is 5.88 Å². The van der Waals surface area contributed by atoms with Crippen LogP contribution >= 0.6 is 23.2 Å². The quantitative estimate of drug-likeness (QED) is 0.723. The molecule has 0 saturated heterocycles. The molecule has 0 saturated carbocycles. The summed E-state index contributed by atoms with van der Waals surface area (Å²) in [4.78, 5) is 4.10.